The average molecular weight is 365 g/mol. The molecule has 0 radical (unpaired) electrons. The summed E-state index contributed by atoms with van der Waals surface area (Å²) in [7, 11) is 1.93. The first kappa shape index (κ1) is 16.1. The number of hydrogen-bond acceptors (Lipinski definition) is 5. The molecule has 8 heteroatoms. The molecular formula is C19H19N5O3. The Labute approximate surface area is 154 Å². The van der Waals surface area contributed by atoms with Crippen LogP contribution < -0.4 is 10.4 Å². The summed E-state index contributed by atoms with van der Waals surface area (Å²) < 4.78 is 15.2. The molecule has 27 heavy (non-hydrogen) atoms. The summed E-state index contributed by atoms with van der Waals surface area (Å²) in [6.07, 6.45) is 5.15. The summed E-state index contributed by atoms with van der Waals surface area (Å²) in [6, 6.07) is 7.55. The Morgan fingerprint density at radius 2 is 2.07 bits per heavy atom. The Hall–Kier alpha value is -3.13. The van der Waals surface area contributed by atoms with E-state index < -0.39 is 0 Å². The Morgan fingerprint density at radius 3 is 2.93 bits per heavy atom. The number of nitrogens with zero attached hydrogens (tertiary/aromatic N) is 4. The summed E-state index contributed by atoms with van der Waals surface area (Å²) in [5.74, 6) is 0.648. The zero-order chi connectivity index (χ0) is 18.4. The lowest BCUT2D eigenvalue weighted by atomic mass is 10.1. The van der Waals surface area contributed by atoms with E-state index in [1.165, 1.54) is 0 Å². The van der Waals surface area contributed by atoms with Crippen molar-refractivity contribution in [3.8, 4) is 11.4 Å². The van der Waals surface area contributed by atoms with Gasteiger partial charge in [-0.25, -0.2) is 14.8 Å². The highest BCUT2D eigenvalue weighted by Gasteiger charge is 2.20. The van der Waals surface area contributed by atoms with Crippen molar-refractivity contribution in [2.45, 2.75) is 18.9 Å². The minimum atomic E-state index is -0.248. The molecule has 0 amide bonds. The van der Waals surface area contributed by atoms with Gasteiger partial charge in [0.15, 0.2) is 5.65 Å². The number of aromatic amines is 1. The molecule has 0 unspecified atom stereocenters. The van der Waals surface area contributed by atoms with E-state index in [0.717, 1.165) is 29.6 Å². The van der Waals surface area contributed by atoms with Crippen molar-refractivity contribution in [2.24, 2.45) is 7.05 Å². The Balaban J connectivity index is 1.67. The van der Waals surface area contributed by atoms with E-state index in [1.807, 2.05) is 35.9 Å². The van der Waals surface area contributed by atoms with Gasteiger partial charge in [0.05, 0.1) is 36.3 Å². The highest BCUT2D eigenvalue weighted by Crippen LogP contribution is 2.28. The van der Waals surface area contributed by atoms with Crippen LogP contribution in [0.3, 0.4) is 0 Å². The van der Waals surface area contributed by atoms with E-state index in [0.29, 0.717) is 30.1 Å². The monoisotopic (exact) mass is 365 g/mol. The maximum atomic E-state index is 12.7. The van der Waals surface area contributed by atoms with Gasteiger partial charge >= 0.3 is 5.69 Å². The van der Waals surface area contributed by atoms with Crippen LogP contribution in [0.1, 0.15) is 12.8 Å². The number of ether oxygens (including phenoxy) is 2. The van der Waals surface area contributed by atoms with Gasteiger partial charge < -0.3 is 14.0 Å². The van der Waals surface area contributed by atoms with E-state index >= 15 is 0 Å². The third-order valence-electron chi connectivity index (χ3n) is 4.97. The minimum absolute atomic E-state index is 0.0716. The highest BCUT2D eigenvalue weighted by molar-refractivity contribution is 5.83. The van der Waals surface area contributed by atoms with Crippen LogP contribution in [0.5, 0.6) is 5.75 Å². The molecule has 1 aliphatic rings. The second-order valence-electron chi connectivity index (χ2n) is 6.73. The lowest BCUT2D eigenvalue weighted by Crippen LogP contribution is -2.26. The Kier molecular flexibility index (Phi) is 3.71. The third-order valence-corrected chi connectivity index (χ3v) is 4.97. The first-order valence-corrected chi connectivity index (χ1v) is 8.96. The van der Waals surface area contributed by atoms with E-state index in [1.54, 1.807) is 17.1 Å². The van der Waals surface area contributed by atoms with Gasteiger partial charge in [0, 0.05) is 32.2 Å². The van der Waals surface area contributed by atoms with Crippen molar-refractivity contribution in [3.63, 3.8) is 0 Å². The van der Waals surface area contributed by atoms with Crippen LogP contribution in [0.2, 0.25) is 0 Å². The summed E-state index contributed by atoms with van der Waals surface area (Å²) >= 11 is 0. The number of aryl methyl sites for hydroxylation is 1. The molecule has 0 atom stereocenters. The lowest BCUT2D eigenvalue weighted by Gasteiger charge is -2.23. The summed E-state index contributed by atoms with van der Waals surface area (Å²) in [4.78, 5) is 24.2. The molecule has 0 aliphatic carbocycles. The first-order valence-electron chi connectivity index (χ1n) is 8.96. The number of aromatic nitrogens is 5. The molecule has 4 heterocycles. The molecule has 138 valence electrons. The Bertz CT molecular complexity index is 1180. The predicted octanol–water partition coefficient (Wildman–Crippen LogP) is 2.16. The van der Waals surface area contributed by atoms with Crippen LogP contribution in [0.15, 0.2) is 41.6 Å². The van der Waals surface area contributed by atoms with Crippen molar-refractivity contribution in [1.29, 1.82) is 0 Å². The number of H-pyrrole nitrogens is 1. The smallest absolute Gasteiger partial charge is 0.332 e. The van der Waals surface area contributed by atoms with E-state index in [-0.39, 0.29) is 11.8 Å². The number of fused-ring (bicyclic) bond motifs is 2. The fourth-order valence-electron chi connectivity index (χ4n) is 3.57. The minimum Gasteiger partial charge on any atom is -0.488 e. The molecule has 1 N–H and O–H groups in total. The quantitative estimate of drug-likeness (QED) is 0.601. The zero-order valence-corrected chi connectivity index (χ0v) is 14.9. The number of rotatable bonds is 3. The van der Waals surface area contributed by atoms with E-state index in [4.69, 9.17) is 9.47 Å². The average Bonchev–Trinajstić information content (AvgIpc) is 3.22. The van der Waals surface area contributed by atoms with E-state index in [9.17, 15) is 4.79 Å². The maximum absolute atomic E-state index is 12.7. The topological polar surface area (TPSA) is 87.0 Å². The normalized spacial score (nSPS) is 15.6. The third kappa shape index (κ3) is 2.69. The van der Waals surface area contributed by atoms with Crippen molar-refractivity contribution in [2.75, 3.05) is 13.2 Å². The standard InChI is InChI=1S/C19H19N5O3/c1-23-11-21-14-3-2-12(10-15(14)23)24-17-16(27-13-5-8-26-9-6-13)4-7-20-18(17)22-19(24)25/h2-4,7,10-11,13H,5-6,8-9H2,1H3,(H,20,22,25). The van der Waals surface area contributed by atoms with Gasteiger partial charge in [-0.3, -0.25) is 9.55 Å². The number of hydrogen-bond donors (Lipinski definition) is 1. The lowest BCUT2D eigenvalue weighted by molar-refractivity contribution is 0.0260. The van der Waals surface area contributed by atoms with Crippen molar-refractivity contribution in [1.82, 2.24) is 24.1 Å². The number of benzene rings is 1. The summed E-state index contributed by atoms with van der Waals surface area (Å²) in [6.45, 7) is 1.38. The number of imidazole rings is 2. The maximum Gasteiger partial charge on any atom is 0.332 e. The van der Waals surface area contributed by atoms with Gasteiger partial charge in [-0.1, -0.05) is 0 Å². The fraction of sp³-hybridized carbons (Fsp3) is 0.316. The molecule has 5 rings (SSSR count). The van der Waals surface area contributed by atoms with Crippen LogP contribution in [0.4, 0.5) is 0 Å². The molecule has 0 bridgehead atoms. The van der Waals surface area contributed by atoms with Crippen LogP contribution in [0, 0.1) is 0 Å². The molecule has 1 saturated heterocycles. The van der Waals surface area contributed by atoms with Crippen LogP contribution in [0.25, 0.3) is 27.9 Å². The van der Waals surface area contributed by atoms with Crippen molar-refractivity contribution in [3.05, 3.63) is 47.3 Å². The van der Waals surface area contributed by atoms with Crippen LogP contribution in [-0.2, 0) is 11.8 Å². The van der Waals surface area contributed by atoms with Crippen LogP contribution in [-0.4, -0.2) is 43.4 Å². The van der Waals surface area contributed by atoms with Gasteiger partial charge in [0.2, 0.25) is 0 Å². The van der Waals surface area contributed by atoms with Gasteiger partial charge in [-0.05, 0) is 18.2 Å². The SMILES string of the molecule is Cn1cnc2ccc(-n3c(=O)[nH]c4nccc(OC5CCOCC5)c43)cc21. The largest absolute Gasteiger partial charge is 0.488 e. The first-order chi connectivity index (χ1) is 13.2. The molecule has 1 aromatic carbocycles. The summed E-state index contributed by atoms with van der Waals surface area (Å²) in [5.41, 5.74) is 3.48. The van der Waals surface area contributed by atoms with Gasteiger partial charge in [0.1, 0.15) is 17.4 Å². The van der Waals surface area contributed by atoms with Crippen LogP contribution >= 0.6 is 0 Å². The zero-order valence-electron chi connectivity index (χ0n) is 14.9. The molecule has 1 aliphatic heterocycles. The van der Waals surface area contributed by atoms with Gasteiger partial charge in [0.25, 0.3) is 0 Å². The summed E-state index contributed by atoms with van der Waals surface area (Å²) in [5, 5.41) is 0. The molecule has 4 aromatic rings. The second-order valence-corrected chi connectivity index (χ2v) is 6.73. The van der Waals surface area contributed by atoms with Crippen molar-refractivity contribution >= 4 is 22.2 Å². The number of pyridine rings is 1. The highest BCUT2D eigenvalue weighted by atomic mass is 16.5. The molecule has 0 saturated carbocycles. The number of nitrogens with one attached hydrogen (secondary N) is 1. The van der Waals surface area contributed by atoms with E-state index in [2.05, 4.69) is 15.0 Å². The molecule has 3 aromatic heterocycles. The Morgan fingerprint density at radius 1 is 1.22 bits per heavy atom. The predicted molar refractivity (Wildman–Crippen MR) is 100 cm³/mol. The second kappa shape index (κ2) is 6.24. The molecule has 8 nitrogen and oxygen atoms in total. The fourth-order valence-corrected chi connectivity index (χ4v) is 3.57. The molecule has 0 spiro atoms. The van der Waals surface area contributed by atoms with Gasteiger partial charge in [-0.2, -0.15) is 0 Å². The molecular weight excluding hydrogens is 346 g/mol. The molecule has 1 fully saturated rings. The van der Waals surface area contributed by atoms with Gasteiger partial charge in [-0.15, -0.1) is 0 Å². The van der Waals surface area contributed by atoms with Crippen molar-refractivity contribution < 1.29 is 9.47 Å².